The molecule has 2 rings (SSSR count). The SMILES string of the molecule is C=C(C)C(=O)OC1CCC(OC(=O)c2c(N)cccc2N)CC1. The first-order valence-electron chi connectivity index (χ1n) is 7.60. The van der Waals surface area contributed by atoms with Crippen LogP contribution in [0.15, 0.2) is 30.4 Å². The second kappa shape index (κ2) is 7.17. The number of carbonyl (C=O) groups is 2. The molecule has 6 nitrogen and oxygen atoms in total. The molecule has 23 heavy (non-hydrogen) atoms. The maximum atomic E-state index is 12.2. The zero-order chi connectivity index (χ0) is 17.0. The molecular weight excluding hydrogens is 296 g/mol. The standard InChI is InChI=1S/C17H22N2O4/c1-10(2)16(20)22-11-6-8-12(9-7-11)23-17(21)15-13(18)4-3-5-14(15)19/h3-5,11-12H,1,6-9,18-19H2,2H3. The van der Waals surface area contributed by atoms with Gasteiger partial charge in [-0.3, -0.25) is 0 Å². The maximum absolute atomic E-state index is 12.2. The summed E-state index contributed by atoms with van der Waals surface area (Å²) in [7, 11) is 0. The van der Waals surface area contributed by atoms with Gasteiger partial charge in [0.25, 0.3) is 0 Å². The molecule has 1 aromatic carbocycles. The Balaban J connectivity index is 1.88. The minimum atomic E-state index is -0.511. The zero-order valence-electron chi connectivity index (χ0n) is 13.2. The van der Waals surface area contributed by atoms with Gasteiger partial charge in [0.05, 0.1) is 0 Å². The maximum Gasteiger partial charge on any atom is 0.342 e. The molecule has 0 amide bonds. The van der Waals surface area contributed by atoms with E-state index in [0.29, 0.717) is 42.6 Å². The van der Waals surface area contributed by atoms with Gasteiger partial charge >= 0.3 is 11.9 Å². The molecule has 0 radical (unpaired) electrons. The molecule has 1 aromatic rings. The molecule has 0 aromatic heterocycles. The average molecular weight is 318 g/mol. The van der Waals surface area contributed by atoms with Crippen LogP contribution in [0.5, 0.6) is 0 Å². The van der Waals surface area contributed by atoms with Crippen LogP contribution in [0.2, 0.25) is 0 Å². The number of anilines is 2. The molecule has 0 heterocycles. The number of hydrogen-bond donors (Lipinski definition) is 2. The lowest BCUT2D eigenvalue weighted by Gasteiger charge is -2.28. The van der Waals surface area contributed by atoms with Gasteiger partial charge in [0, 0.05) is 16.9 Å². The van der Waals surface area contributed by atoms with Gasteiger partial charge in [0.15, 0.2) is 0 Å². The highest BCUT2D eigenvalue weighted by Gasteiger charge is 2.27. The van der Waals surface area contributed by atoms with Crippen molar-refractivity contribution in [1.29, 1.82) is 0 Å². The number of ether oxygens (including phenoxy) is 2. The largest absolute Gasteiger partial charge is 0.459 e. The smallest absolute Gasteiger partial charge is 0.342 e. The van der Waals surface area contributed by atoms with Gasteiger partial charge in [-0.05, 0) is 44.7 Å². The van der Waals surface area contributed by atoms with Crippen molar-refractivity contribution in [2.45, 2.75) is 44.8 Å². The van der Waals surface area contributed by atoms with Gasteiger partial charge in [-0.15, -0.1) is 0 Å². The second-order valence-corrected chi connectivity index (χ2v) is 5.80. The third kappa shape index (κ3) is 4.25. The van der Waals surface area contributed by atoms with E-state index in [-0.39, 0.29) is 23.7 Å². The summed E-state index contributed by atoms with van der Waals surface area (Å²) in [5, 5.41) is 0. The van der Waals surface area contributed by atoms with Gasteiger partial charge < -0.3 is 20.9 Å². The molecule has 4 N–H and O–H groups in total. The van der Waals surface area contributed by atoms with Gasteiger partial charge in [-0.2, -0.15) is 0 Å². The second-order valence-electron chi connectivity index (χ2n) is 5.80. The summed E-state index contributed by atoms with van der Waals surface area (Å²) in [5.74, 6) is -0.891. The van der Waals surface area contributed by atoms with Crippen LogP contribution in [0.1, 0.15) is 43.0 Å². The van der Waals surface area contributed by atoms with Crippen molar-refractivity contribution in [3.05, 3.63) is 35.9 Å². The highest BCUT2D eigenvalue weighted by atomic mass is 16.6. The molecule has 0 unspecified atom stereocenters. The third-order valence-corrected chi connectivity index (χ3v) is 3.85. The number of hydrogen-bond acceptors (Lipinski definition) is 6. The van der Waals surface area contributed by atoms with Gasteiger partial charge in [0.2, 0.25) is 0 Å². The van der Waals surface area contributed by atoms with Crippen LogP contribution in [-0.4, -0.2) is 24.1 Å². The number of nitrogens with two attached hydrogens (primary N) is 2. The Morgan fingerprint density at radius 1 is 1.04 bits per heavy atom. The number of nitrogen functional groups attached to an aromatic ring is 2. The van der Waals surface area contributed by atoms with Crippen molar-refractivity contribution >= 4 is 23.3 Å². The summed E-state index contributed by atoms with van der Waals surface area (Å²) >= 11 is 0. The van der Waals surface area contributed by atoms with Gasteiger partial charge in [-0.25, -0.2) is 9.59 Å². The molecule has 1 aliphatic carbocycles. The molecule has 0 bridgehead atoms. The van der Waals surface area contributed by atoms with Crippen LogP contribution < -0.4 is 11.5 Å². The minimum Gasteiger partial charge on any atom is -0.459 e. The van der Waals surface area contributed by atoms with E-state index in [4.69, 9.17) is 20.9 Å². The van der Waals surface area contributed by atoms with Crippen molar-refractivity contribution in [1.82, 2.24) is 0 Å². The van der Waals surface area contributed by atoms with E-state index in [9.17, 15) is 9.59 Å². The van der Waals surface area contributed by atoms with Crippen molar-refractivity contribution in [3.8, 4) is 0 Å². The van der Waals surface area contributed by atoms with E-state index in [1.54, 1.807) is 25.1 Å². The highest BCUT2D eigenvalue weighted by molar-refractivity contribution is 6.00. The first kappa shape index (κ1) is 16.9. The van der Waals surface area contributed by atoms with E-state index in [1.165, 1.54) is 0 Å². The van der Waals surface area contributed by atoms with Crippen molar-refractivity contribution in [2.24, 2.45) is 0 Å². The molecule has 6 heteroatoms. The number of benzene rings is 1. The summed E-state index contributed by atoms with van der Waals surface area (Å²) < 4.78 is 10.8. The Morgan fingerprint density at radius 3 is 2.00 bits per heavy atom. The third-order valence-electron chi connectivity index (χ3n) is 3.85. The van der Waals surface area contributed by atoms with Crippen LogP contribution in [0.25, 0.3) is 0 Å². The zero-order valence-corrected chi connectivity index (χ0v) is 13.2. The summed E-state index contributed by atoms with van der Waals surface area (Å²) in [6.07, 6.45) is 2.19. The van der Waals surface area contributed by atoms with Crippen molar-refractivity contribution < 1.29 is 19.1 Å². The van der Waals surface area contributed by atoms with E-state index in [1.807, 2.05) is 0 Å². The van der Waals surface area contributed by atoms with Crippen LogP contribution in [-0.2, 0) is 14.3 Å². The molecule has 1 saturated carbocycles. The topological polar surface area (TPSA) is 105 Å². The Bertz CT molecular complexity index is 599. The van der Waals surface area contributed by atoms with E-state index < -0.39 is 5.97 Å². The Hall–Kier alpha value is -2.50. The Labute approximate surface area is 135 Å². The quantitative estimate of drug-likeness (QED) is 0.502. The minimum absolute atomic E-state index is 0.152. The summed E-state index contributed by atoms with van der Waals surface area (Å²) in [4.78, 5) is 23.7. The lowest BCUT2D eigenvalue weighted by molar-refractivity contribution is -0.146. The van der Waals surface area contributed by atoms with Crippen LogP contribution in [0, 0.1) is 0 Å². The van der Waals surface area contributed by atoms with E-state index in [2.05, 4.69) is 6.58 Å². The predicted octanol–water partition coefficient (Wildman–Crippen LogP) is 2.44. The molecule has 0 aliphatic heterocycles. The Morgan fingerprint density at radius 2 is 1.52 bits per heavy atom. The van der Waals surface area contributed by atoms with E-state index in [0.717, 1.165) is 0 Å². The molecule has 0 atom stereocenters. The fourth-order valence-corrected chi connectivity index (χ4v) is 2.55. The molecule has 0 spiro atoms. The molecule has 1 aliphatic rings. The predicted molar refractivity (Wildman–Crippen MR) is 87.6 cm³/mol. The lowest BCUT2D eigenvalue weighted by atomic mass is 9.94. The van der Waals surface area contributed by atoms with Crippen molar-refractivity contribution in [3.63, 3.8) is 0 Å². The first-order valence-corrected chi connectivity index (χ1v) is 7.60. The van der Waals surface area contributed by atoms with Gasteiger partial charge in [-0.1, -0.05) is 12.6 Å². The van der Waals surface area contributed by atoms with Crippen LogP contribution >= 0.6 is 0 Å². The first-order chi connectivity index (χ1) is 10.9. The number of carbonyl (C=O) groups excluding carboxylic acids is 2. The lowest BCUT2D eigenvalue weighted by Crippen LogP contribution is -2.30. The molecule has 0 saturated heterocycles. The summed E-state index contributed by atoms with van der Waals surface area (Å²) in [6.45, 7) is 5.17. The molecule has 1 fully saturated rings. The Kier molecular flexibility index (Phi) is 5.26. The molecular formula is C17H22N2O4. The average Bonchev–Trinajstić information content (AvgIpc) is 2.49. The fourth-order valence-electron chi connectivity index (χ4n) is 2.55. The van der Waals surface area contributed by atoms with Crippen LogP contribution in [0.4, 0.5) is 11.4 Å². The van der Waals surface area contributed by atoms with Gasteiger partial charge in [0.1, 0.15) is 17.8 Å². The highest BCUT2D eigenvalue weighted by Crippen LogP contribution is 2.27. The van der Waals surface area contributed by atoms with Crippen molar-refractivity contribution in [2.75, 3.05) is 11.5 Å². The van der Waals surface area contributed by atoms with Crippen LogP contribution in [0.3, 0.4) is 0 Å². The normalized spacial score (nSPS) is 20.6. The fraction of sp³-hybridized carbons (Fsp3) is 0.412. The monoisotopic (exact) mass is 318 g/mol. The summed E-state index contributed by atoms with van der Waals surface area (Å²) in [6, 6.07) is 4.91. The molecule has 124 valence electrons. The number of rotatable bonds is 4. The summed E-state index contributed by atoms with van der Waals surface area (Å²) in [5.41, 5.74) is 12.8. The number of esters is 2. The van der Waals surface area contributed by atoms with E-state index >= 15 is 0 Å².